The molecule has 3 aromatic rings. The van der Waals surface area contributed by atoms with Crippen molar-refractivity contribution in [2.75, 3.05) is 7.11 Å². The summed E-state index contributed by atoms with van der Waals surface area (Å²) in [5.74, 6) is -0.947. The molecule has 0 radical (unpaired) electrons. The normalized spacial score (nSPS) is 12.9. The zero-order valence-electron chi connectivity index (χ0n) is 14.6. The van der Waals surface area contributed by atoms with Crippen molar-refractivity contribution in [2.45, 2.75) is 5.60 Å². The van der Waals surface area contributed by atoms with Crippen molar-refractivity contribution in [2.24, 2.45) is 5.73 Å². The minimum Gasteiger partial charge on any atom is -0.497 e. The second kappa shape index (κ2) is 7.47. The third-order valence-electron chi connectivity index (χ3n) is 4.17. The molecule has 0 spiro atoms. The Kier molecular flexibility index (Phi) is 5.09. The monoisotopic (exact) mass is 367 g/mol. The molecule has 1 atom stereocenters. The van der Waals surface area contributed by atoms with Gasteiger partial charge in [0, 0.05) is 0 Å². The fourth-order valence-electron chi connectivity index (χ4n) is 2.80. The van der Waals surface area contributed by atoms with Gasteiger partial charge >= 0.3 is 0 Å². The molecular formula is C21H18FNO4. The SMILES string of the molecule is COc1ccc(Oc2cccc(F)c2C(O)(C(N)=O)c2ccccc2)cc1. The number of hydrogen-bond donors (Lipinski definition) is 2. The van der Waals surface area contributed by atoms with Crippen LogP contribution in [0.3, 0.4) is 0 Å². The van der Waals surface area contributed by atoms with Gasteiger partial charge in [0.15, 0.2) is 5.60 Å². The van der Waals surface area contributed by atoms with Crippen LogP contribution in [0.25, 0.3) is 0 Å². The highest BCUT2D eigenvalue weighted by Gasteiger charge is 2.43. The van der Waals surface area contributed by atoms with Gasteiger partial charge in [-0.1, -0.05) is 36.4 Å². The molecule has 0 aliphatic carbocycles. The van der Waals surface area contributed by atoms with Crippen LogP contribution in [-0.2, 0) is 10.4 Å². The van der Waals surface area contributed by atoms with Gasteiger partial charge in [0.25, 0.3) is 5.91 Å². The lowest BCUT2D eigenvalue weighted by molar-refractivity contribution is -0.133. The van der Waals surface area contributed by atoms with Crippen molar-refractivity contribution in [3.63, 3.8) is 0 Å². The highest BCUT2D eigenvalue weighted by Crippen LogP contribution is 2.39. The number of rotatable bonds is 6. The van der Waals surface area contributed by atoms with Crippen LogP contribution >= 0.6 is 0 Å². The Morgan fingerprint density at radius 2 is 1.59 bits per heavy atom. The van der Waals surface area contributed by atoms with E-state index in [9.17, 15) is 14.3 Å². The van der Waals surface area contributed by atoms with Crippen molar-refractivity contribution in [3.8, 4) is 17.2 Å². The maximum Gasteiger partial charge on any atom is 0.259 e. The first-order valence-corrected chi connectivity index (χ1v) is 8.15. The van der Waals surface area contributed by atoms with Gasteiger partial charge in [-0.05, 0) is 42.0 Å². The Morgan fingerprint density at radius 3 is 2.19 bits per heavy atom. The van der Waals surface area contributed by atoms with Crippen LogP contribution in [0.2, 0.25) is 0 Å². The van der Waals surface area contributed by atoms with Crippen molar-refractivity contribution in [1.29, 1.82) is 0 Å². The van der Waals surface area contributed by atoms with Gasteiger partial charge in [-0.2, -0.15) is 0 Å². The van der Waals surface area contributed by atoms with E-state index < -0.39 is 17.3 Å². The van der Waals surface area contributed by atoms with E-state index in [0.717, 1.165) is 6.07 Å². The Bertz CT molecular complexity index is 944. The van der Waals surface area contributed by atoms with Gasteiger partial charge in [0.2, 0.25) is 0 Å². The minimum absolute atomic E-state index is 0.0229. The molecule has 0 aliphatic rings. The molecular weight excluding hydrogens is 349 g/mol. The largest absolute Gasteiger partial charge is 0.497 e. The molecule has 0 heterocycles. The molecule has 0 fully saturated rings. The first-order chi connectivity index (χ1) is 13.0. The number of ether oxygens (including phenoxy) is 2. The van der Waals surface area contributed by atoms with Gasteiger partial charge < -0.3 is 20.3 Å². The highest BCUT2D eigenvalue weighted by atomic mass is 19.1. The number of methoxy groups -OCH3 is 1. The summed E-state index contributed by atoms with van der Waals surface area (Å²) in [6.07, 6.45) is 0. The minimum atomic E-state index is -2.39. The lowest BCUT2D eigenvalue weighted by Crippen LogP contribution is -2.43. The summed E-state index contributed by atoms with van der Waals surface area (Å²) in [4.78, 5) is 12.2. The molecule has 0 saturated carbocycles. The molecule has 27 heavy (non-hydrogen) atoms. The Balaban J connectivity index is 2.12. The van der Waals surface area contributed by atoms with Gasteiger partial charge in [-0.25, -0.2) is 4.39 Å². The standard InChI is InChI=1S/C21H18FNO4/c1-26-15-10-12-16(13-11-15)27-18-9-5-8-17(22)19(18)21(25,20(23)24)14-6-3-2-4-7-14/h2-13,25H,1H3,(H2,23,24). The van der Waals surface area contributed by atoms with Crippen molar-refractivity contribution < 1.29 is 23.8 Å². The maximum atomic E-state index is 14.7. The number of hydrogen-bond acceptors (Lipinski definition) is 4. The molecule has 1 amide bonds. The van der Waals surface area contributed by atoms with Crippen LogP contribution < -0.4 is 15.2 Å². The number of nitrogens with two attached hydrogens (primary N) is 1. The van der Waals surface area contributed by atoms with E-state index in [1.807, 2.05) is 0 Å². The third-order valence-corrected chi connectivity index (χ3v) is 4.17. The molecule has 3 aromatic carbocycles. The summed E-state index contributed by atoms with van der Waals surface area (Å²) in [6, 6.07) is 18.5. The number of carbonyl (C=O) groups is 1. The van der Waals surface area contributed by atoms with Gasteiger partial charge in [0.1, 0.15) is 23.1 Å². The van der Waals surface area contributed by atoms with E-state index in [0.29, 0.717) is 11.5 Å². The van der Waals surface area contributed by atoms with Gasteiger partial charge in [-0.3, -0.25) is 4.79 Å². The van der Waals surface area contributed by atoms with Crippen LogP contribution in [0.1, 0.15) is 11.1 Å². The molecule has 138 valence electrons. The summed E-state index contributed by atoms with van der Waals surface area (Å²) in [6.45, 7) is 0. The number of carbonyl (C=O) groups excluding carboxylic acids is 1. The van der Waals surface area contributed by atoms with E-state index in [1.165, 1.54) is 31.4 Å². The van der Waals surface area contributed by atoms with Crippen LogP contribution in [0.5, 0.6) is 17.2 Å². The lowest BCUT2D eigenvalue weighted by atomic mass is 9.84. The van der Waals surface area contributed by atoms with Crippen LogP contribution in [0, 0.1) is 5.82 Å². The van der Waals surface area contributed by atoms with Crippen LogP contribution in [-0.4, -0.2) is 18.1 Å². The fraction of sp³-hybridized carbons (Fsp3) is 0.0952. The zero-order chi connectivity index (χ0) is 19.4. The van der Waals surface area contributed by atoms with Crippen LogP contribution in [0.4, 0.5) is 4.39 Å². The fourth-order valence-corrected chi connectivity index (χ4v) is 2.80. The van der Waals surface area contributed by atoms with E-state index in [1.54, 1.807) is 42.5 Å². The average molecular weight is 367 g/mol. The molecule has 5 nitrogen and oxygen atoms in total. The average Bonchev–Trinajstić information content (AvgIpc) is 2.69. The summed E-state index contributed by atoms with van der Waals surface area (Å²) >= 11 is 0. The molecule has 0 bridgehead atoms. The van der Waals surface area contributed by atoms with Crippen molar-refractivity contribution >= 4 is 5.91 Å². The maximum absolute atomic E-state index is 14.7. The molecule has 3 N–H and O–H groups in total. The molecule has 0 aromatic heterocycles. The second-order valence-corrected chi connectivity index (χ2v) is 5.83. The Hall–Kier alpha value is -3.38. The first-order valence-electron chi connectivity index (χ1n) is 8.15. The summed E-state index contributed by atoms with van der Waals surface area (Å²) in [5.41, 5.74) is 2.88. The quantitative estimate of drug-likeness (QED) is 0.700. The summed E-state index contributed by atoms with van der Waals surface area (Å²) in [5, 5.41) is 11.1. The van der Waals surface area contributed by atoms with E-state index >= 15 is 0 Å². The topological polar surface area (TPSA) is 81.8 Å². The van der Waals surface area contributed by atoms with Gasteiger partial charge in [-0.15, -0.1) is 0 Å². The number of halogens is 1. The third kappa shape index (κ3) is 3.47. The van der Waals surface area contributed by atoms with Gasteiger partial charge in [0.05, 0.1) is 12.7 Å². The number of benzene rings is 3. The van der Waals surface area contributed by atoms with E-state index in [-0.39, 0.29) is 16.9 Å². The Morgan fingerprint density at radius 1 is 0.963 bits per heavy atom. The molecule has 3 rings (SSSR count). The van der Waals surface area contributed by atoms with Crippen LogP contribution in [0.15, 0.2) is 72.8 Å². The number of aliphatic hydroxyl groups is 1. The predicted octanol–water partition coefficient (Wildman–Crippen LogP) is 3.35. The Labute approximate surface area is 155 Å². The van der Waals surface area contributed by atoms with E-state index in [4.69, 9.17) is 15.2 Å². The van der Waals surface area contributed by atoms with Crippen molar-refractivity contribution in [3.05, 3.63) is 89.7 Å². The number of amides is 1. The molecule has 0 aliphatic heterocycles. The predicted molar refractivity (Wildman–Crippen MR) is 98.1 cm³/mol. The smallest absolute Gasteiger partial charge is 0.259 e. The first kappa shape index (κ1) is 18.4. The summed E-state index contributed by atoms with van der Waals surface area (Å²) in [7, 11) is 1.54. The molecule has 1 unspecified atom stereocenters. The lowest BCUT2D eigenvalue weighted by Gasteiger charge is -2.28. The molecule has 6 heteroatoms. The number of primary amides is 1. The zero-order valence-corrected chi connectivity index (χ0v) is 14.6. The molecule has 0 saturated heterocycles. The highest BCUT2D eigenvalue weighted by molar-refractivity contribution is 5.89. The van der Waals surface area contributed by atoms with Crippen molar-refractivity contribution in [1.82, 2.24) is 0 Å². The van der Waals surface area contributed by atoms with E-state index in [2.05, 4.69) is 0 Å². The summed E-state index contributed by atoms with van der Waals surface area (Å²) < 4.78 is 25.6. The second-order valence-electron chi connectivity index (χ2n) is 5.83.